The van der Waals surface area contributed by atoms with Crippen molar-refractivity contribution >= 4 is 5.91 Å². The predicted molar refractivity (Wildman–Crippen MR) is 69.7 cm³/mol. The molecule has 0 aliphatic carbocycles. The van der Waals surface area contributed by atoms with Gasteiger partial charge in [-0.05, 0) is 24.7 Å². The molecule has 1 heterocycles. The first kappa shape index (κ1) is 14.5. The number of carbonyl (C=O) groups is 1. The van der Waals surface area contributed by atoms with E-state index in [1.807, 2.05) is 4.90 Å². The molecular weight excluding hydrogens is 214 g/mol. The minimum Gasteiger partial charge on any atom is -0.394 e. The second-order valence-electron chi connectivity index (χ2n) is 6.33. The van der Waals surface area contributed by atoms with E-state index in [9.17, 15) is 9.90 Å². The minimum atomic E-state index is 0.0602. The topological polar surface area (TPSA) is 40.5 Å². The van der Waals surface area contributed by atoms with Crippen molar-refractivity contribution < 1.29 is 9.90 Å². The van der Waals surface area contributed by atoms with Crippen molar-refractivity contribution in [3.05, 3.63) is 0 Å². The summed E-state index contributed by atoms with van der Waals surface area (Å²) in [5.41, 5.74) is 0.205. The van der Waals surface area contributed by atoms with Crippen LogP contribution in [0.15, 0.2) is 0 Å². The third-order valence-corrected chi connectivity index (χ3v) is 3.50. The lowest BCUT2D eigenvalue weighted by molar-refractivity contribution is -0.134. The molecule has 3 nitrogen and oxygen atoms in total. The van der Waals surface area contributed by atoms with Crippen LogP contribution in [0.3, 0.4) is 0 Å². The monoisotopic (exact) mass is 241 g/mol. The van der Waals surface area contributed by atoms with Gasteiger partial charge < -0.3 is 10.0 Å². The summed E-state index contributed by atoms with van der Waals surface area (Å²) in [4.78, 5) is 14.1. The molecule has 1 aliphatic rings. The van der Waals surface area contributed by atoms with Crippen LogP contribution in [0.4, 0.5) is 0 Å². The molecule has 0 aromatic carbocycles. The fraction of sp³-hybridized carbons (Fsp3) is 0.929. The summed E-state index contributed by atoms with van der Waals surface area (Å²) in [6.45, 7) is 7.42. The van der Waals surface area contributed by atoms with Crippen LogP contribution in [0.2, 0.25) is 0 Å². The zero-order valence-corrected chi connectivity index (χ0v) is 11.5. The summed E-state index contributed by atoms with van der Waals surface area (Å²) in [5.74, 6) is 0.223. The van der Waals surface area contributed by atoms with Crippen LogP contribution in [0.25, 0.3) is 0 Å². The van der Waals surface area contributed by atoms with Gasteiger partial charge in [-0.2, -0.15) is 0 Å². The second-order valence-corrected chi connectivity index (χ2v) is 6.33. The van der Waals surface area contributed by atoms with Gasteiger partial charge >= 0.3 is 0 Å². The van der Waals surface area contributed by atoms with Gasteiger partial charge in [-0.15, -0.1) is 0 Å². The van der Waals surface area contributed by atoms with E-state index in [0.717, 1.165) is 32.2 Å². The third kappa shape index (κ3) is 5.07. The maximum Gasteiger partial charge on any atom is 0.222 e. The number of amides is 1. The van der Waals surface area contributed by atoms with Crippen LogP contribution in [0.1, 0.15) is 59.3 Å². The Hall–Kier alpha value is -0.570. The van der Waals surface area contributed by atoms with Gasteiger partial charge in [0.25, 0.3) is 0 Å². The molecule has 1 saturated heterocycles. The Labute approximate surface area is 105 Å². The highest BCUT2D eigenvalue weighted by Crippen LogP contribution is 2.23. The van der Waals surface area contributed by atoms with Crippen molar-refractivity contribution in [2.24, 2.45) is 5.41 Å². The Balaban J connectivity index is 2.52. The van der Waals surface area contributed by atoms with E-state index in [1.54, 1.807) is 0 Å². The summed E-state index contributed by atoms with van der Waals surface area (Å²) >= 11 is 0. The van der Waals surface area contributed by atoms with E-state index in [2.05, 4.69) is 20.8 Å². The lowest BCUT2D eigenvalue weighted by Crippen LogP contribution is -2.42. The Bertz CT molecular complexity index is 245. The molecule has 0 saturated carbocycles. The van der Waals surface area contributed by atoms with Crippen molar-refractivity contribution in [1.29, 1.82) is 0 Å². The quantitative estimate of drug-likeness (QED) is 0.825. The first-order valence-electron chi connectivity index (χ1n) is 6.84. The molecule has 0 radical (unpaired) electrons. The molecule has 1 amide bonds. The molecule has 0 aromatic heterocycles. The van der Waals surface area contributed by atoms with E-state index in [0.29, 0.717) is 6.42 Å². The lowest BCUT2D eigenvalue weighted by atomic mass is 9.90. The van der Waals surface area contributed by atoms with Crippen molar-refractivity contribution in [3.8, 4) is 0 Å². The van der Waals surface area contributed by atoms with Crippen molar-refractivity contribution in [3.63, 3.8) is 0 Å². The molecule has 0 spiro atoms. The summed E-state index contributed by atoms with van der Waals surface area (Å²) in [5, 5.41) is 9.37. The van der Waals surface area contributed by atoms with E-state index < -0.39 is 0 Å². The average molecular weight is 241 g/mol. The summed E-state index contributed by atoms with van der Waals surface area (Å²) < 4.78 is 0. The van der Waals surface area contributed by atoms with Gasteiger partial charge in [0.1, 0.15) is 0 Å². The molecule has 1 rings (SSSR count). The summed E-state index contributed by atoms with van der Waals surface area (Å²) in [6, 6.07) is 0.0602. The van der Waals surface area contributed by atoms with Gasteiger partial charge in [0.15, 0.2) is 0 Å². The number of aliphatic hydroxyl groups excluding tert-OH is 1. The Morgan fingerprint density at radius 3 is 2.59 bits per heavy atom. The van der Waals surface area contributed by atoms with Gasteiger partial charge in [-0.1, -0.05) is 33.6 Å². The highest BCUT2D eigenvalue weighted by molar-refractivity contribution is 5.76. The summed E-state index contributed by atoms with van der Waals surface area (Å²) in [6.07, 6.45) is 5.88. The highest BCUT2D eigenvalue weighted by atomic mass is 16.3. The number of likely N-dealkylation sites (tertiary alicyclic amines) is 1. The van der Waals surface area contributed by atoms with Crippen molar-refractivity contribution in [2.75, 3.05) is 13.2 Å². The minimum absolute atomic E-state index is 0.0602. The first-order valence-corrected chi connectivity index (χ1v) is 6.84. The number of aliphatic hydroxyl groups is 1. The molecule has 1 fully saturated rings. The van der Waals surface area contributed by atoms with Gasteiger partial charge in [0, 0.05) is 13.0 Å². The van der Waals surface area contributed by atoms with Crippen LogP contribution in [0.5, 0.6) is 0 Å². The van der Waals surface area contributed by atoms with Gasteiger partial charge in [0.2, 0.25) is 5.91 Å². The molecule has 3 heteroatoms. The average Bonchev–Trinajstić information content (AvgIpc) is 2.49. The number of rotatable bonds is 3. The van der Waals surface area contributed by atoms with Gasteiger partial charge in [0.05, 0.1) is 12.6 Å². The smallest absolute Gasteiger partial charge is 0.222 e. The van der Waals surface area contributed by atoms with Crippen molar-refractivity contribution in [1.82, 2.24) is 4.90 Å². The Kier molecular flexibility index (Phi) is 5.44. The van der Waals surface area contributed by atoms with Crippen LogP contribution >= 0.6 is 0 Å². The zero-order valence-electron chi connectivity index (χ0n) is 11.5. The first-order chi connectivity index (χ1) is 7.94. The molecule has 1 aliphatic heterocycles. The Morgan fingerprint density at radius 1 is 1.29 bits per heavy atom. The summed E-state index contributed by atoms with van der Waals surface area (Å²) in [7, 11) is 0. The molecule has 1 N–H and O–H groups in total. The molecule has 0 aromatic rings. The normalized spacial score (nSPS) is 22.4. The number of carbonyl (C=O) groups excluding carboxylic acids is 1. The molecule has 17 heavy (non-hydrogen) atoms. The third-order valence-electron chi connectivity index (χ3n) is 3.50. The van der Waals surface area contributed by atoms with E-state index in [-0.39, 0.29) is 24.0 Å². The standard InChI is InChI=1S/C14H27NO2/c1-14(2,3)9-8-13(17)15-10-6-4-5-7-12(15)11-16/h12,16H,4-11H2,1-3H3. The number of nitrogens with zero attached hydrogens (tertiary/aromatic N) is 1. The van der Waals surface area contributed by atoms with Crippen molar-refractivity contribution in [2.45, 2.75) is 65.3 Å². The van der Waals surface area contributed by atoms with Gasteiger partial charge in [-0.3, -0.25) is 4.79 Å². The van der Waals surface area contributed by atoms with E-state index in [4.69, 9.17) is 0 Å². The van der Waals surface area contributed by atoms with Crippen LogP contribution in [-0.4, -0.2) is 35.1 Å². The number of hydrogen-bond acceptors (Lipinski definition) is 2. The van der Waals surface area contributed by atoms with Crippen LogP contribution in [-0.2, 0) is 4.79 Å². The maximum atomic E-state index is 12.2. The fourth-order valence-corrected chi connectivity index (χ4v) is 2.32. The maximum absolute atomic E-state index is 12.2. The fourth-order valence-electron chi connectivity index (χ4n) is 2.32. The zero-order chi connectivity index (χ0) is 12.9. The molecule has 1 unspecified atom stereocenters. The SMILES string of the molecule is CC(C)(C)CCC(=O)N1CCCCCC1CO. The molecule has 1 atom stereocenters. The molecule has 100 valence electrons. The van der Waals surface area contributed by atoms with E-state index >= 15 is 0 Å². The molecule has 0 bridgehead atoms. The largest absolute Gasteiger partial charge is 0.394 e. The highest BCUT2D eigenvalue weighted by Gasteiger charge is 2.25. The number of hydrogen-bond donors (Lipinski definition) is 1. The van der Waals surface area contributed by atoms with Gasteiger partial charge in [-0.25, -0.2) is 0 Å². The lowest BCUT2D eigenvalue weighted by Gasteiger charge is -2.30. The Morgan fingerprint density at radius 2 is 2.00 bits per heavy atom. The van der Waals surface area contributed by atoms with Crippen LogP contribution < -0.4 is 0 Å². The van der Waals surface area contributed by atoms with Crippen LogP contribution in [0, 0.1) is 5.41 Å². The second kappa shape index (κ2) is 6.39. The predicted octanol–water partition coefficient (Wildman–Crippen LogP) is 2.58. The van der Waals surface area contributed by atoms with E-state index in [1.165, 1.54) is 6.42 Å². The molecular formula is C14H27NO2.